The van der Waals surface area contributed by atoms with Gasteiger partial charge in [-0.25, -0.2) is 4.79 Å². The van der Waals surface area contributed by atoms with Crippen molar-refractivity contribution in [1.29, 1.82) is 0 Å². The number of thiophene rings is 1. The second-order valence-corrected chi connectivity index (χ2v) is 6.53. The summed E-state index contributed by atoms with van der Waals surface area (Å²) < 4.78 is 0. The van der Waals surface area contributed by atoms with E-state index in [2.05, 4.69) is 5.32 Å². The van der Waals surface area contributed by atoms with Crippen molar-refractivity contribution < 1.29 is 9.90 Å². The van der Waals surface area contributed by atoms with E-state index in [1.54, 1.807) is 29.5 Å². The highest BCUT2D eigenvalue weighted by atomic mass is 35.5. The highest BCUT2D eigenvalue weighted by Gasteiger charge is 2.14. The number of nitrogens with one attached hydrogen (secondary N) is 1. The lowest BCUT2D eigenvalue weighted by Gasteiger charge is -2.14. The van der Waals surface area contributed by atoms with Gasteiger partial charge in [-0.2, -0.15) is 0 Å². The molecule has 6 heteroatoms. The number of aromatic carboxylic acids is 1. The van der Waals surface area contributed by atoms with Crippen LogP contribution in [0.1, 0.15) is 10.4 Å². The largest absolute Gasteiger partial charge is 0.478 e. The SMILES string of the molecule is O=C(O)c1ccccc1Nc1c(Cl)cc(-c2cccs2)cc1Cl. The first-order valence-corrected chi connectivity index (χ1v) is 8.32. The highest BCUT2D eigenvalue weighted by Crippen LogP contribution is 2.38. The molecule has 3 rings (SSSR count). The van der Waals surface area contributed by atoms with Crippen LogP contribution in [0.15, 0.2) is 53.9 Å². The first-order chi connectivity index (χ1) is 11.1. The molecule has 116 valence electrons. The third kappa shape index (κ3) is 3.34. The normalized spacial score (nSPS) is 10.5. The van der Waals surface area contributed by atoms with Crippen LogP contribution in [0, 0.1) is 0 Å². The molecule has 0 aliphatic rings. The summed E-state index contributed by atoms with van der Waals surface area (Å²) in [5.74, 6) is -1.02. The Kier molecular flexibility index (Phi) is 4.57. The van der Waals surface area contributed by atoms with E-state index < -0.39 is 5.97 Å². The van der Waals surface area contributed by atoms with E-state index in [-0.39, 0.29) is 5.56 Å². The number of carbonyl (C=O) groups is 1. The fourth-order valence-electron chi connectivity index (χ4n) is 2.19. The predicted octanol–water partition coefficient (Wildman–Crippen LogP) is 6.16. The van der Waals surface area contributed by atoms with Crippen molar-refractivity contribution in [2.45, 2.75) is 0 Å². The van der Waals surface area contributed by atoms with E-state index in [1.807, 2.05) is 29.6 Å². The number of benzene rings is 2. The summed E-state index contributed by atoms with van der Waals surface area (Å²) in [6, 6.07) is 14.2. The Hall–Kier alpha value is -2.01. The van der Waals surface area contributed by atoms with Gasteiger partial charge in [0.15, 0.2) is 0 Å². The van der Waals surface area contributed by atoms with Crippen LogP contribution in [0.2, 0.25) is 10.0 Å². The maximum Gasteiger partial charge on any atom is 0.337 e. The molecule has 3 nitrogen and oxygen atoms in total. The van der Waals surface area contributed by atoms with Crippen LogP contribution in [-0.4, -0.2) is 11.1 Å². The highest BCUT2D eigenvalue weighted by molar-refractivity contribution is 7.13. The van der Waals surface area contributed by atoms with Crippen LogP contribution in [0.5, 0.6) is 0 Å². The van der Waals surface area contributed by atoms with Gasteiger partial charge in [-0.05, 0) is 41.3 Å². The number of hydrogen-bond acceptors (Lipinski definition) is 3. The second-order valence-electron chi connectivity index (χ2n) is 4.77. The molecule has 0 unspecified atom stereocenters. The molecule has 0 aliphatic heterocycles. The third-order valence-electron chi connectivity index (χ3n) is 3.26. The van der Waals surface area contributed by atoms with E-state index in [9.17, 15) is 9.90 Å². The molecule has 3 aromatic rings. The fourth-order valence-corrected chi connectivity index (χ4v) is 3.49. The zero-order valence-electron chi connectivity index (χ0n) is 11.7. The standard InChI is InChI=1S/C17H11Cl2NO2S/c18-12-8-10(15-6-3-7-23-15)9-13(19)16(12)20-14-5-2-1-4-11(14)17(21)22/h1-9,20H,(H,21,22). The van der Waals surface area contributed by atoms with Crippen molar-refractivity contribution in [1.82, 2.24) is 0 Å². The molecule has 0 radical (unpaired) electrons. The van der Waals surface area contributed by atoms with Gasteiger partial charge in [0.2, 0.25) is 0 Å². The summed E-state index contributed by atoms with van der Waals surface area (Å²) in [6.07, 6.45) is 0. The summed E-state index contributed by atoms with van der Waals surface area (Å²) in [5.41, 5.74) is 2.00. The van der Waals surface area contributed by atoms with Crippen molar-refractivity contribution in [3.05, 3.63) is 69.5 Å². The van der Waals surface area contributed by atoms with Crippen molar-refractivity contribution in [2.24, 2.45) is 0 Å². The predicted molar refractivity (Wildman–Crippen MR) is 96.5 cm³/mol. The van der Waals surface area contributed by atoms with Crippen LogP contribution < -0.4 is 5.32 Å². The van der Waals surface area contributed by atoms with Gasteiger partial charge in [0.25, 0.3) is 0 Å². The molecular weight excluding hydrogens is 353 g/mol. The third-order valence-corrected chi connectivity index (χ3v) is 4.78. The van der Waals surface area contributed by atoms with Crippen molar-refractivity contribution >= 4 is 51.9 Å². The fraction of sp³-hybridized carbons (Fsp3) is 0. The van der Waals surface area contributed by atoms with E-state index in [0.717, 1.165) is 10.4 Å². The number of hydrogen-bond donors (Lipinski definition) is 2. The molecule has 0 aliphatic carbocycles. The molecule has 1 aromatic heterocycles. The lowest BCUT2D eigenvalue weighted by atomic mass is 10.1. The average molecular weight is 364 g/mol. The number of carboxylic acid groups (broad SMARTS) is 1. The molecule has 0 fully saturated rings. The summed E-state index contributed by atoms with van der Waals surface area (Å²) in [7, 11) is 0. The first-order valence-electron chi connectivity index (χ1n) is 6.68. The Labute approximate surface area is 147 Å². The molecule has 23 heavy (non-hydrogen) atoms. The number of halogens is 2. The maximum atomic E-state index is 11.3. The molecule has 0 spiro atoms. The molecule has 0 saturated carbocycles. The topological polar surface area (TPSA) is 49.3 Å². The molecule has 0 atom stereocenters. The zero-order valence-corrected chi connectivity index (χ0v) is 14.0. The van der Waals surface area contributed by atoms with Crippen molar-refractivity contribution in [2.75, 3.05) is 5.32 Å². The Balaban J connectivity index is 2.00. The quantitative estimate of drug-likeness (QED) is 0.583. The van der Waals surface area contributed by atoms with Gasteiger partial charge < -0.3 is 10.4 Å². The Morgan fingerprint density at radius 2 is 1.74 bits per heavy atom. The van der Waals surface area contributed by atoms with Gasteiger partial charge in [0, 0.05) is 4.88 Å². The molecule has 0 saturated heterocycles. The van der Waals surface area contributed by atoms with Crippen molar-refractivity contribution in [3.8, 4) is 10.4 Å². The van der Waals surface area contributed by atoms with Gasteiger partial charge in [0.05, 0.1) is 27.0 Å². The molecule has 0 bridgehead atoms. The molecule has 1 heterocycles. The summed E-state index contributed by atoms with van der Waals surface area (Å²) in [4.78, 5) is 12.3. The van der Waals surface area contributed by atoms with Crippen LogP contribution in [0.25, 0.3) is 10.4 Å². The molecule has 2 aromatic carbocycles. The lowest BCUT2D eigenvalue weighted by molar-refractivity contribution is 0.0698. The van der Waals surface area contributed by atoms with Gasteiger partial charge in [0.1, 0.15) is 0 Å². The molecule has 0 amide bonds. The number of para-hydroxylation sites is 1. The van der Waals surface area contributed by atoms with Crippen LogP contribution >= 0.6 is 34.5 Å². The first kappa shape index (κ1) is 15.9. The van der Waals surface area contributed by atoms with Gasteiger partial charge in [-0.3, -0.25) is 0 Å². The zero-order chi connectivity index (χ0) is 16.4. The van der Waals surface area contributed by atoms with E-state index in [4.69, 9.17) is 23.2 Å². The lowest BCUT2D eigenvalue weighted by Crippen LogP contribution is -2.03. The van der Waals surface area contributed by atoms with Crippen LogP contribution in [0.4, 0.5) is 11.4 Å². The Bertz CT molecular complexity index is 840. The van der Waals surface area contributed by atoms with Gasteiger partial charge >= 0.3 is 5.97 Å². The summed E-state index contributed by atoms with van der Waals surface area (Å²) in [6.45, 7) is 0. The minimum absolute atomic E-state index is 0.155. The average Bonchev–Trinajstić information content (AvgIpc) is 3.05. The number of anilines is 2. The summed E-state index contributed by atoms with van der Waals surface area (Å²) in [5, 5.41) is 15.1. The number of carboxylic acids is 1. The van der Waals surface area contributed by atoms with E-state index in [0.29, 0.717) is 21.4 Å². The Morgan fingerprint density at radius 1 is 1.04 bits per heavy atom. The monoisotopic (exact) mass is 363 g/mol. The van der Waals surface area contributed by atoms with Crippen molar-refractivity contribution in [3.63, 3.8) is 0 Å². The van der Waals surface area contributed by atoms with E-state index in [1.165, 1.54) is 6.07 Å². The minimum atomic E-state index is -1.02. The molecule has 2 N–H and O–H groups in total. The van der Waals surface area contributed by atoms with Crippen LogP contribution in [-0.2, 0) is 0 Å². The van der Waals surface area contributed by atoms with E-state index >= 15 is 0 Å². The van der Waals surface area contributed by atoms with Gasteiger partial charge in [-0.15, -0.1) is 11.3 Å². The second kappa shape index (κ2) is 6.62. The number of rotatable bonds is 4. The Morgan fingerprint density at radius 3 is 2.35 bits per heavy atom. The smallest absolute Gasteiger partial charge is 0.337 e. The maximum absolute atomic E-state index is 11.3. The minimum Gasteiger partial charge on any atom is -0.478 e. The van der Waals surface area contributed by atoms with Gasteiger partial charge in [-0.1, -0.05) is 41.4 Å². The molecular formula is C17H11Cl2NO2S. The van der Waals surface area contributed by atoms with Crippen LogP contribution in [0.3, 0.4) is 0 Å². The summed E-state index contributed by atoms with van der Waals surface area (Å²) >= 11 is 14.3.